The lowest BCUT2D eigenvalue weighted by molar-refractivity contribution is -0.146. The van der Waals surface area contributed by atoms with Crippen molar-refractivity contribution in [3.8, 4) is 0 Å². The van der Waals surface area contributed by atoms with Gasteiger partial charge in [-0.05, 0) is 6.92 Å². The smallest absolute Gasteiger partial charge is 0.325 e. The molecule has 0 aromatic carbocycles. The highest BCUT2D eigenvalue weighted by atomic mass is 16.5. The first-order chi connectivity index (χ1) is 6.81. The maximum absolute atomic E-state index is 11.4. The van der Waals surface area contributed by atoms with Gasteiger partial charge in [-0.1, -0.05) is 0 Å². The predicted octanol–water partition coefficient (Wildman–Crippen LogP) is -0.687. The molecule has 0 amide bonds. The molecule has 0 saturated heterocycles. The molecule has 1 N–H and O–H groups in total. The van der Waals surface area contributed by atoms with Gasteiger partial charge >= 0.3 is 5.97 Å². The number of nitrogens with one attached hydrogen (secondary N) is 1. The molecule has 1 unspecified atom stereocenters. The molecule has 6 nitrogen and oxygen atoms in total. The molecule has 0 aliphatic carbocycles. The third kappa shape index (κ3) is 1.60. The summed E-state index contributed by atoms with van der Waals surface area (Å²) in [6, 6.07) is -0.279. The standard InChI is InChI=1S/C8H12N4O2/c1-2-14-8(13)6-4-12-5-10-11-7(12)3-9-6/h5-6,9H,2-4H2,1H3. The zero-order valence-electron chi connectivity index (χ0n) is 7.93. The summed E-state index contributed by atoms with van der Waals surface area (Å²) in [7, 11) is 0. The van der Waals surface area contributed by atoms with Crippen molar-refractivity contribution in [1.82, 2.24) is 20.1 Å². The summed E-state index contributed by atoms with van der Waals surface area (Å²) < 4.78 is 6.78. The Morgan fingerprint density at radius 2 is 2.71 bits per heavy atom. The molecule has 1 aromatic heterocycles. The second-order valence-corrected chi connectivity index (χ2v) is 3.09. The molecule has 0 saturated carbocycles. The van der Waals surface area contributed by atoms with Crippen LogP contribution in [0, 0.1) is 0 Å². The number of esters is 1. The van der Waals surface area contributed by atoms with E-state index in [1.54, 1.807) is 13.3 Å². The van der Waals surface area contributed by atoms with E-state index in [2.05, 4.69) is 15.5 Å². The first-order valence-electron chi connectivity index (χ1n) is 4.58. The van der Waals surface area contributed by atoms with Crippen LogP contribution in [-0.2, 0) is 22.6 Å². The van der Waals surface area contributed by atoms with Crippen LogP contribution < -0.4 is 5.32 Å². The Labute approximate surface area is 81.3 Å². The van der Waals surface area contributed by atoms with E-state index >= 15 is 0 Å². The Balaban J connectivity index is 2.04. The van der Waals surface area contributed by atoms with Gasteiger partial charge in [0.05, 0.1) is 19.7 Å². The van der Waals surface area contributed by atoms with E-state index in [1.807, 2.05) is 4.57 Å². The lowest BCUT2D eigenvalue weighted by atomic mass is 10.2. The number of carbonyl (C=O) groups is 1. The lowest BCUT2D eigenvalue weighted by Crippen LogP contribution is -2.45. The Morgan fingerprint density at radius 1 is 1.86 bits per heavy atom. The molecule has 0 bridgehead atoms. The Morgan fingerprint density at radius 3 is 3.50 bits per heavy atom. The maximum atomic E-state index is 11.4. The maximum Gasteiger partial charge on any atom is 0.325 e. The number of fused-ring (bicyclic) bond motifs is 1. The van der Waals surface area contributed by atoms with Gasteiger partial charge in [0.25, 0.3) is 0 Å². The summed E-state index contributed by atoms with van der Waals surface area (Å²) in [4.78, 5) is 11.4. The normalized spacial score (nSPS) is 20.2. The number of carbonyl (C=O) groups excluding carboxylic acids is 1. The summed E-state index contributed by atoms with van der Waals surface area (Å²) in [5, 5.41) is 10.7. The molecule has 0 spiro atoms. The lowest BCUT2D eigenvalue weighted by Gasteiger charge is -2.22. The van der Waals surface area contributed by atoms with Crippen LogP contribution in [0.4, 0.5) is 0 Å². The highest BCUT2D eigenvalue weighted by Crippen LogP contribution is 2.06. The topological polar surface area (TPSA) is 69.0 Å². The van der Waals surface area contributed by atoms with Crippen LogP contribution >= 0.6 is 0 Å². The molecule has 14 heavy (non-hydrogen) atoms. The van der Waals surface area contributed by atoms with Crippen molar-refractivity contribution in [2.75, 3.05) is 6.61 Å². The molecule has 76 valence electrons. The minimum atomic E-state index is -0.279. The first kappa shape index (κ1) is 9.14. The van der Waals surface area contributed by atoms with Crippen LogP contribution in [0.25, 0.3) is 0 Å². The summed E-state index contributed by atoms with van der Waals surface area (Å²) >= 11 is 0. The number of rotatable bonds is 2. The molecule has 0 fully saturated rings. The van der Waals surface area contributed by atoms with E-state index in [9.17, 15) is 4.79 Å². The fourth-order valence-corrected chi connectivity index (χ4v) is 1.44. The number of nitrogens with zero attached hydrogens (tertiary/aromatic N) is 3. The van der Waals surface area contributed by atoms with Crippen molar-refractivity contribution in [3.63, 3.8) is 0 Å². The summed E-state index contributed by atoms with van der Waals surface area (Å²) in [5.41, 5.74) is 0. The van der Waals surface area contributed by atoms with Crippen molar-refractivity contribution in [2.45, 2.75) is 26.1 Å². The molecule has 2 rings (SSSR count). The largest absolute Gasteiger partial charge is 0.465 e. The van der Waals surface area contributed by atoms with Gasteiger partial charge in [0.2, 0.25) is 0 Å². The van der Waals surface area contributed by atoms with Gasteiger partial charge in [0.15, 0.2) is 0 Å². The van der Waals surface area contributed by atoms with Gasteiger partial charge < -0.3 is 9.30 Å². The van der Waals surface area contributed by atoms with Crippen molar-refractivity contribution in [1.29, 1.82) is 0 Å². The molecule has 1 aliphatic rings. The van der Waals surface area contributed by atoms with Crippen LogP contribution in [0.3, 0.4) is 0 Å². The van der Waals surface area contributed by atoms with Crippen LogP contribution in [0.15, 0.2) is 6.33 Å². The molecular formula is C8H12N4O2. The quantitative estimate of drug-likeness (QED) is 0.634. The third-order valence-corrected chi connectivity index (χ3v) is 2.15. The van der Waals surface area contributed by atoms with E-state index in [0.717, 1.165) is 5.82 Å². The van der Waals surface area contributed by atoms with Gasteiger partial charge in [-0.2, -0.15) is 0 Å². The highest BCUT2D eigenvalue weighted by Gasteiger charge is 2.25. The molecule has 2 heterocycles. The Hall–Kier alpha value is -1.43. The summed E-state index contributed by atoms with van der Waals surface area (Å²) in [6.45, 7) is 3.31. The van der Waals surface area contributed by atoms with E-state index in [-0.39, 0.29) is 12.0 Å². The number of hydrogen-bond donors (Lipinski definition) is 1. The highest BCUT2D eigenvalue weighted by molar-refractivity contribution is 5.75. The van der Waals surface area contributed by atoms with E-state index in [4.69, 9.17) is 4.74 Å². The van der Waals surface area contributed by atoms with Crippen molar-refractivity contribution in [3.05, 3.63) is 12.2 Å². The average Bonchev–Trinajstić information content (AvgIpc) is 2.64. The van der Waals surface area contributed by atoms with Gasteiger partial charge in [0, 0.05) is 0 Å². The fraction of sp³-hybridized carbons (Fsp3) is 0.625. The third-order valence-electron chi connectivity index (χ3n) is 2.15. The predicted molar refractivity (Wildman–Crippen MR) is 47.3 cm³/mol. The zero-order chi connectivity index (χ0) is 9.97. The zero-order valence-corrected chi connectivity index (χ0v) is 7.93. The van der Waals surface area contributed by atoms with Gasteiger partial charge in [-0.25, -0.2) is 0 Å². The van der Waals surface area contributed by atoms with Gasteiger partial charge in [-0.15, -0.1) is 10.2 Å². The fourth-order valence-electron chi connectivity index (χ4n) is 1.44. The van der Waals surface area contributed by atoms with Crippen molar-refractivity contribution < 1.29 is 9.53 Å². The van der Waals surface area contributed by atoms with Gasteiger partial charge in [0.1, 0.15) is 18.2 Å². The summed E-state index contributed by atoms with van der Waals surface area (Å²) in [5.74, 6) is 0.636. The van der Waals surface area contributed by atoms with Crippen molar-refractivity contribution >= 4 is 5.97 Å². The number of aromatic nitrogens is 3. The van der Waals surface area contributed by atoms with E-state index in [1.165, 1.54) is 0 Å². The van der Waals surface area contributed by atoms with Crippen LogP contribution in [0.1, 0.15) is 12.7 Å². The average molecular weight is 196 g/mol. The first-order valence-corrected chi connectivity index (χ1v) is 4.58. The monoisotopic (exact) mass is 196 g/mol. The Kier molecular flexibility index (Phi) is 2.45. The van der Waals surface area contributed by atoms with Crippen LogP contribution in [0.5, 0.6) is 0 Å². The summed E-state index contributed by atoms with van der Waals surface area (Å²) in [6.07, 6.45) is 1.63. The number of hydrogen-bond acceptors (Lipinski definition) is 5. The second-order valence-electron chi connectivity index (χ2n) is 3.09. The van der Waals surface area contributed by atoms with Crippen LogP contribution in [0.2, 0.25) is 0 Å². The SMILES string of the molecule is CCOC(=O)C1Cn2cnnc2CN1. The molecular weight excluding hydrogens is 184 g/mol. The number of ether oxygens (including phenoxy) is 1. The van der Waals surface area contributed by atoms with Gasteiger partial charge in [-0.3, -0.25) is 10.1 Å². The van der Waals surface area contributed by atoms with Crippen molar-refractivity contribution in [2.24, 2.45) is 0 Å². The molecule has 1 aliphatic heterocycles. The Bertz CT molecular complexity index is 336. The van der Waals surface area contributed by atoms with E-state index < -0.39 is 0 Å². The minimum absolute atomic E-state index is 0.216. The second kappa shape index (κ2) is 3.75. The molecule has 1 aromatic rings. The minimum Gasteiger partial charge on any atom is -0.465 e. The van der Waals surface area contributed by atoms with Crippen LogP contribution in [-0.4, -0.2) is 33.4 Å². The van der Waals surface area contributed by atoms with E-state index in [0.29, 0.717) is 19.7 Å². The molecule has 0 radical (unpaired) electrons. The molecule has 6 heteroatoms. The molecule has 1 atom stereocenters.